The fraction of sp³-hybridized carbons (Fsp3) is 0.889. The summed E-state index contributed by atoms with van der Waals surface area (Å²) in [7, 11) is -2.99. The second kappa shape index (κ2) is 3.75. The Bertz CT molecular complexity index is 364. The lowest BCUT2D eigenvalue weighted by Gasteiger charge is -2.18. The molecule has 0 aromatic heterocycles. The van der Waals surface area contributed by atoms with Gasteiger partial charge in [0.2, 0.25) is 5.91 Å². The van der Waals surface area contributed by atoms with E-state index in [0.717, 1.165) is 0 Å². The smallest absolute Gasteiger partial charge is 0.226 e. The molecular formula is C9H15NO4S. The first-order valence-electron chi connectivity index (χ1n) is 5.15. The average molecular weight is 233 g/mol. The topological polar surface area (TPSA) is 74.7 Å². The van der Waals surface area contributed by atoms with Gasteiger partial charge in [-0.2, -0.15) is 0 Å². The Morgan fingerprint density at radius 2 is 2.07 bits per heavy atom. The van der Waals surface area contributed by atoms with Crippen LogP contribution in [0.15, 0.2) is 0 Å². The quantitative estimate of drug-likeness (QED) is 0.631. The number of carbonyl (C=O) groups is 1. The van der Waals surface area contributed by atoms with Gasteiger partial charge in [-0.1, -0.05) is 0 Å². The molecule has 1 amide bonds. The number of rotatable bonds is 1. The van der Waals surface area contributed by atoms with Crippen LogP contribution in [0.2, 0.25) is 0 Å². The number of aliphatic hydroxyl groups is 1. The number of carbonyl (C=O) groups excluding carboxylic acids is 1. The van der Waals surface area contributed by atoms with Crippen molar-refractivity contribution < 1.29 is 18.3 Å². The summed E-state index contributed by atoms with van der Waals surface area (Å²) in [6, 6.07) is 0. The van der Waals surface area contributed by atoms with Crippen LogP contribution in [-0.4, -0.2) is 55.0 Å². The minimum absolute atomic E-state index is 0.0154. The molecule has 0 aromatic carbocycles. The summed E-state index contributed by atoms with van der Waals surface area (Å²) in [5.74, 6) is -0.369. The minimum Gasteiger partial charge on any atom is -0.391 e. The molecule has 2 aliphatic heterocycles. The lowest BCUT2D eigenvalue weighted by atomic mass is 10.1. The molecule has 15 heavy (non-hydrogen) atoms. The normalized spacial score (nSPS) is 34.6. The number of amides is 1. The van der Waals surface area contributed by atoms with Gasteiger partial charge in [0.15, 0.2) is 9.84 Å². The predicted molar refractivity (Wildman–Crippen MR) is 54.0 cm³/mol. The van der Waals surface area contributed by atoms with Gasteiger partial charge in [0.1, 0.15) is 0 Å². The van der Waals surface area contributed by atoms with Crippen molar-refractivity contribution in [1.29, 1.82) is 0 Å². The number of β-amino-alcohol motifs (C(OH)–C–C–N with tert-alkyl or cyclic N) is 1. The number of nitrogens with zero attached hydrogens (tertiary/aromatic N) is 1. The molecule has 2 fully saturated rings. The van der Waals surface area contributed by atoms with Crippen molar-refractivity contribution in [3.05, 3.63) is 0 Å². The largest absolute Gasteiger partial charge is 0.391 e. The third kappa shape index (κ3) is 2.31. The maximum absolute atomic E-state index is 11.8. The van der Waals surface area contributed by atoms with Crippen LogP contribution in [0, 0.1) is 5.92 Å². The van der Waals surface area contributed by atoms with Crippen LogP contribution in [0.25, 0.3) is 0 Å². The van der Waals surface area contributed by atoms with E-state index in [1.807, 2.05) is 0 Å². The van der Waals surface area contributed by atoms with Crippen molar-refractivity contribution in [2.75, 3.05) is 24.6 Å². The molecule has 6 heteroatoms. The van der Waals surface area contributed by atoms with Crippen molar-refractivity contribution in [3.63, 3.8) is 0 Å². The molecule has 1 unspecified atom stereocenters. The molecule has 86 valence electrons. The van der Waals surface area contributed by atoms with E-state index >= 15 is 0 Å². The number of hydrogen-bond donors (Lipinski definition) is 1. The van der Waals surface area contributed by atoms with E-state index in [0.29, 0.717) is 25.9 Å². The molecule has 0 saturated carbocycles. The third-order valence-electron chi connectivity index (χ3n) is 3.06. The third-order valence-corrected chi connectivity index (χ3v) is 4.82. The molecule has 2 atom stereocenters. The highest BCUT2D eigenvalue weighted by Crippen LogP contribution is 2.22. The van der Waals surface area contributed by atoms with E-state index in [2.05, 4.69) is 0 Å². The summed E-state index contributed by atoms with van der Waals surface area (Å²) in [6.07, 6.45) is 0.603. The van der Waals surface area contributed by atoms with Crippen LogP contribution >= 0.6 is 0 Å². The van der Waals surface area contributed by atoms with Crippen molar-refractivity contribution >= 4 is 15.7 Å². The molecule has 5 nitrogen and oxygen atoms in total. The molecule has 1 N–H and O–H groups in total. The molecule has 0 aromatic rings. The van der Waals surface area contributed by atoms with Crippen LogP contribution < -0.4 is 0 Å². The highest BCUT2D eigenvalue weighted by molar-refractivity contribution is 7.91. The minimum atomic E-state index is -2.99. The maximum atomic E-state index is 11.8. The summed E-state index contributed by atoms with van der Waals surface area (Å²) >= 11 is 0. The Hall–Kier alpha value is -0.620. The van der Waals surface area contributed by atoms with E-state index in [-0.39, 0.29) is 23.3 Å². The van der Waals surface area contributed by atoms with Crippen molar-refractivity contribution in [2.45, 2.75) is 18.9 Å². The fourth-order valence-electron chi connectivity index (χ4n) is 2.19. The lowest BCUT2D eigenvalue weighted by molar-refractivity contribution is -0.134. The van der Waals surface area contributed by atoms with Gasteiger partial charge in [-0.05, 0) is 12.8 Å². The summed E-state index contributed by atoms with van der Waals surface area (Å²) < 4.78 is 22.4. The summed E-state index contributed by atoms with van der Waals surface area (Å²) in [4.78, 5) is 13.4. The average Bonchev–Trinajstić information content (AvgIpc) is 2.71. The van der Waals surface area contributed by atoms with Gasteiger partial charge in [-0.15, -0.1) is 0 Å². The fourth-order valence-corrected chi connectivity index (χ4v) is 3.92. The highest BCUT2D eigenvalue weighted by Gasteiger charge is 2.37. The molecule has 0 bridgehead atoms. The van der Waals surface area contributed by atoms with E-state index in [4.69, 9.17) is 0 Å². The SMILES string of the molecule is O=C(C1CCS(=O)(=O)C1)N1CC[C@@H](O)C1. The van der Waals surface area contributed by atoms with Gasteiger partial charge in [0.25, 0.3) is 0 Å². The van der Waals surface area contributed by atoms with E-state index in [1.165, 1.54) is 0 Å². The number of likely N-dealkylation sites (tertiary alicyclic amines) is 1. The van der Waals surface area contributed by atoms with E-state index < -0.39 is 15.9 Å². The lowest BCUT2D eigenvalue weighted by Crippen LogP contribution is -2.35. The molecule has 0 aliphatic carbocycles. The molecule has 0 radical (unpaired) electrons. The first-order chi connectivity index (χ1) is 6.98. The first kappa shape index (κ1) is 10.9. The Morgan fingerprint density at radius 1 is 1.33 bits per heavy atom. The molecule has 2 saturated heterocycles. The Balaban J connectivity index is 1.98. The van der Waals surface area contributed by atoms with Crippen molar-refractivity contribution in [2.24, 2.45) is 5.92 Å². The zero-order chi connectivity index (χ0) is 11.1. The summed E-state index contributed by atoms with van der Waals surface area (Å²) in [5.41, 5.74) is 0. The van der Waals surface area contributed by atoms with Gasteiger partial charge in [0.05, 0.1) is 23.5 Å². The first-order valence-corrected chi connectivity index (χ1v) is 6.97. The zero-order valence-electron chi connectivity index (χ0n) is 8.42. The zero-order valence-corrected chi connectivity index (χ0v) is 9.24. The van der Waals surface area contributed by atoms with E-state index in [9.17, 15) is 18.3 Å². The maximum Gasteiger partial charge on any atom is 0.226 e. The number of hydrogen-bond acceptors (Lipinski definition) is 4. The molecular weight excluding hydrogens is 218 g/mol. The van der Waals surface area contributed by atoms with Crippen molar-refractivity contribution in [3.8, 4) is 0 Å². The molecule has 2 aliphatic rings. The van der Waals surface area contributed by atoms with Gasteiger partial charge >= 0.3 is 0 Å². The standard InChI is InChI=1S/C9H15NO4S/c11-8-1-3-10(5-8)9(12)7-2-4-15(13,14)6-7/h7-8,11H,1-6H2/t7?,8-/m1/s1. The summed E-state index contributed by atoms with van der Waals surface area (Å²) in [6.45, 7) is 0.909. The van der Waals surface area contributed by atoms with Gasteiger partial charge in [-0.3, -0.25) is 4.79 Å². The second-order valence-corrected chi connectivity index (χ2v) is 6.56. The number of aliphatic hydroxyl groups excluding tert-OH is 1. The van der Waals surface area contributed by atoms with Crippen LogP contribution in [-0.2, 0) is 14.6 Å². The number of sulfone groups is 1. The second-order valence-electron chi connectivity index (χ2n) is 4.33. The van der Waals surface area contributed by atoms with Crippen molar-refractivity contribution in [1.82, 2.24) is 4.90 Å². The Morgan fingerprint density at radius 3 is 2.53 bits per heavy atom. The van der Waals surface area contributed by atoms with Crippen LogP contribution in [0.1, 0.15) is 12.8 Å². The van der Waals surface area contributed by atoms with E-state index in [1.54, 1.807) is 4.90 Å². The molecule has 2 heterocycles. The Kier molecular flexibility index (Phi) is 2.72. The van der Waals surface area contributed by atoms with Gasteiger partial charge in [0, 0.05) is 13.1 Å². The highest BCUT2D eigenvalue weighted by atomic mass is 32.2. The monoisotopic (exact) mass is 233 g/mol. The molecule has 2 rings (SSSR count). The van der Waals surface area contributed by atoms with Crippen LogP contribution in [0.4, 0.5) is 0 Å². The molecule has 0 spiro atoms. The van der Waals surface area contributed by atoms with Crippen LogP contribution in [0.5, 0.6) is 0 Å². The Labute approximate surface area is 89.0 Å². The van der Waals surface area contributed by atoms with Crippen LogP contribution in [0.3, 0.4) is 0 Å². The predicted octanol–water partition coefficient (Wildman–Crippen LogP) is -0.986. The summed E-state index contributed by atoms with van der Waals surface area (Å²) in [5, 5.41) is 9.28. The van der Waals surface area contributed by atoms with Gasteiger partial charge < -0.3 is 10.0 Å². The van der Waals surface area contributed by atoms with Gasteiger partial charge in [-0.25, -0.2) is 8.42 Å².